The van der Waals surface area contributed by atoms with Gasteiger partial charge in [0.2, 0.25) is 0 Å². The van der Waals surface area contributed by atoms with E-state index in [1.54, 1.807) is 0 Å². The van der Waals surface area contributed by atoms with E-state index >= 15 is 0 Å². The van der Waals surface area contributed by atoms with Gasteiger partial charge in [-0.3, -0.25) is 0 Å². The average Bonchev–Trinajstić information content (AvgIpc) is 3.76. The number of hydrogen-bond acceptors (Lipinski definition) is 5. The molecule has 0 amide bonds. The summed E-state index contributed by atoms with van der Waals surface area (Å²) in [5.74, 6) is 1.82. The van der Waals surface area contributed by atoms with Crippen molar-refractivity contribution in [2.45, 2.75) is 6.92 Å². The van der Waals surface area contributed by atoms with Crippen LogP contribution in [0.1, 0.15) is 5.56 Å². The van der Waals surface area contributed by atoms with Crippen molar-refractivity contribution in [2.75, 3.05) is 0 Å². The first-order chi connectivity index (χ1) is 25.1. The van der Waals surface area contributed by atoms with E-state index in [1.165, 1.54) is 11.1 Å². The zero-order chi connectivity index (χ0) is 33.9. The van der Waals surface area contributed by atoms with Crippen LogP contribution in [0, 0.1) is 6.92 Å². The number of aryl methyl sites for hydroxylation is 1. The highest BCUT2D eigenvalue weighted by Crippen LogP contribution is 2.40. The highest BCUT2D eigenvalue weighted by atomic mass is 16.3. The molecular weight excluding hydrogens is 627 g/mol. The van der Waals surface area contributed by atoms with E-state index in [4.69, 9.17) is 23.8 Å². The molecule has 3 heterocycles. The largest absolute Gasteiger partial charge is 0.456 e. The van der Waals surface area contributed by atoms with Crippen molar-refractivity contribution in [1.82, 2.24) is 15.0 Å². The van der Waals surface area contributed by atoms with Crippen LogP contribution in [0.2, 0.25) is 0 Å². The van der Waals surface area contributed by atoms with Crippen LogP contribution in [-0.2, 0) is 0 Å². The minimum atomic E-state index is 0.600. The number of nitrogens with zero attached hydrogens (tertiary/aromatic N) is 3. The van der Waals surface area contributed by atoms with Gasteiger partial charge in [-0.2, -0.15) is 0 Å². The van der Waals surface area contributed by atoms with Crippen LogP contribution >= 0.6 is 0 Å². The van der Waals surface area contributed by atoms with Crippen LogP contribution < -0.4 is 0 Å². The predicted octanol–water partition coefficient (Wildman–Crippen LogP) is 12.3. The molecule has 0 bridgehead atoms. The molecule has 0 aliphatic heterocycles. The maximum absolute atomic E-state index is 6.38. The third kappa shape index (κ3) is 5.06. The molecule has 0 radical (unpaired) electrons. The molecule has 5 heteroatoms. The second-order valence-electron chi connectivity index (χ2n) is 12.9. The third-order valence-corrected chi connectivity index (χ3v) is 9.61. The number of furan rings is 2. The quantitative estimate of drug-likeness (QED) is 0.185. The fourth-order valence-corrected chi connectivity index (χ4v) is 7.03. The molecule has 3 aromatic heterocycles. The Bertz CT molecular complexity index is 2920. The van der Waals surface area contributed by atoms with Gasteiger partial charge in [-0.05, 0) is 77.7 Å². The summed E-state index contributed by atoms with van der Waals surface area (Å²) >= 11 is 0. The Morgan fingerprint density at radius 2 is 0.902 bits per heavy atom. The van der Waals surface area contributed by atoms with E-state index in [-0.39, 0.29) is 0 Å². The van der Waals surface area contributed by atoms with Crippen LogP contribution in [0.25, 0.3) is 100 Å². The van der Waals surface area contributed by atoms with Gasteiger partial charge in [0.25, 0.3) is 0 Å². The van der Waals surface area contributed by atoms with Crippen LogP contribution in [0.15, 0.2) is 167 Å². The Labute approximate surface area is 293 Å². The number of benzene rings is 7. The Kier molecular flexibility index (Phi) is 6.64. The first kappa shape index (κ1) is 29.1. The van der Waals surface area contributed by atoms with Gasteiger partial charge < -0.3 is 8.83 Å². The van der Waals surface area contributed by atoms with Crippen molar-refractivity contribution in [1.29, 1.82) is 0 Å². The molecule has 0 saturated carbocycles. The first-order valence-corrected chi connectivity index (χ1v) is 17.0. The fraction of sp³-hybridized carbons (Fsp3) is 0.0217. The first-order valence-electron chi connectivity index (χ1n) is 17.0. The molecule has 0 spiro atoms. The van der Waals surface area contributed by atoms with E-state index < -0.39 is 0 Å². The maximum atomic E-state index is 6.38. The number of fused-ring (bicyclic) bond motifs is 6. The maximum Gasteiger partial charge on any atom is 0.164 e. The lowest BCUT2D eigenvalue weighted by molar-refractivity contribution is 0.668. The molecule has 7 aromatic carbocycles. The van der Waals surface area contributed by atoms with Gasteiger partial charge in [0.1, 0.15) is 22.3 Å². The summed E-state index contributed by atoms with van der Waals surface area (Å²) in [7, 11) is 0. The molecule has 51 heavy (non-hydrogen) atoms. The zero-order valence-corrected chi connectivity index (χ0v) is 27.7. The molecule has 0 N–H and O–H groups in total. The van der Waals surface area contributed by atoms with E-state index in [9.17, 15) is 0 Å². The Hall–Kier alpha value is -6.85. The van der Waals surface area contributed by atoms with Crippen molar-refractivity contribution >= 4 is 43.9 Å². The van der Waals surface area contributed by atoms with Crippen LogP contribution in [0.5, 0.6) is 0 Å². The van der Waals surface area contributed by atoms with Gasteiger partial charge in [-0.1, -0.05) is 115 Å². The van der Waals surface area contributed by atoms with Crippen LogP contribution in [-0.4, -0.2) is 15.0 Å². The van der Waals surface area contributed by atoms with Crippen molar-refractivity contribution in [3.8, 4) is 56.4 Å². The number of aromatic nitrogens is 3. The molecule has 240 valence electrons. The summed E-state index contributed by atoms with van der Waals surface area (Å²) in [5.41, 5.74) is 11.8. The van der Waals surface area contributed by atoms with Crippen molar-refractivity contribution in [3.63, 3.8) is 0 Å². The zero-order valence-electron chi connectivity index (χ0n) is 27.7. The Morgan fingerprint density at radius 1 is 0.353 bits per heavy atom. The summed E-state index contributed by atoms with van der Waals surface area (Å²) in [4.78, 5) is 15.1. The molecule has 0 aliphatic rings. The molecule has 10 aromatic rings. The molecule has 0 atom stereocenters. The lowest BCUT2D eigenvalue weighted by Gasteiger charge is -2.10. The van der Waals surface area contributed by atoms with Gasteiger partial charge in [-0.25, -0.2) is 15.0 Å². The van der Waals surface area contributed by atoms with Gasteiger partial charge >= 0.3 is 0 Å². The summed E-state index contributed by atoms with van der Waals surface area (Å²) in [5, 5.41) is 4.26. The van der Waals surface area contributed by atoms with Crippen molar-refractivity contribution in [3.05, 3.63) is 163 Å². The smallest absolute Gasteiger partial charge is 0.164 e. The standard InChI is InChI=1S/C46H29N3O2/c1-28-17-19-29(20-18-28)31-21-23-41-38(26-31)43-35(14-8-16-42(43)51-41)32-11-7-12-33(25-32)45-47-44(30-9-3-2-4-10-30)48-46(49-45)34-22-24-40-37(27-34)36-13-5-6-15-39(36)50-40/h2-27H,1H3. The molecule has 0 unspecified atom stereocenters. The van der Waals surface area contributed by atoms with E-state index in [0.29, 0.717) is 17.5 Å². The molecular formula is C46H29N3O2. The van der Waals surface area contributed by atoms with E-state index in [1.807, 2.05) is 66.7 Å². The predicted molar refractivity (Wildman–Crippen MR) is 206 cm³/mol. The Morgan fingerprint density at radius 3 is 1.73 bits per heavy atom. The summed E-state index contributed by atoms with van der Waals surface area (Å²) in [6, 6.07) is 54.1. The van der Waals surface area contributed by atoms with Gasteiger partial charge in [-0.15, -0.1) is 0 Å². The van der Waals surface area contributed by atoms with E-state index in [2.05, 4.69) is 97.9 Å². The topological polar surface area (TPSA) is 65.0 Å². The molecule has 5 nitrogen and oxygen atoms in total. The van der Waals surface area contributed by atoms with Gasteiger partial charge in [0, 0.05) is 38.2 Å². The summed E-state index contributed by atoms with van der Waals surface area (Å²) in [6.07, 6.45) is 0. The summed E-state index contributed by atoms with van der Waals surface area (Å²) in [6.45, 7) is 2.11. The summed E-state index contributed by atoms with van der Waals surface area (Å²) < 4.78 is 12.5. The normalized spacial score (nSPS) is 11.6. The molecule has 0 saturated heterocycles. The number of hydrogen-bond donors (Lipinski definition) is 0. The number of rotatable bonds is 5. The molecule has 10 rings (SSSR count). The minimum absolute atomic E-state index is 0.600. The lowest BCUT2D eigenvalue weighted by Crippen LogP contribution is -2.00. The molecule has 0 aliphatic carbocycles. The Balaban J connectivity index is 1.13. The highest BCUT2D eigenvalue weighted by Gasteiger charge is 2.17. The van der Waals surface area contributed by atoms with Crippen LogP contribution in [0.4, 0.5) is 0 Å². The minimum Gasteiger partial charge on any atom is -0.456 e. The second kappa shape index (κ2) is 11.6. The fourth-order valence-electron chi connectivity index (χ4n) is 7.03. The lowest BCUT2D eigenvalue weighted by atomic mass is 9.96. The van der Waals surface area contributed by atoms with Crippen molar-refractivity contribution < 1.29 is 8.83 Å². The highest BCUT2D eigenvalue weighted by molar-refractivity contribution is 6.13. The van der Waals surface area contributed by atoms with Crippen molar-refractivity contribution in [2.24, 2.45) is 0 Å². The van der Waals surface area contributed by atoms with Gasteiger partial charge in [0.05, 0.1) is 0 Å². The second-order valence-corrected chi connectivity index (χ2v) is 12.9. The SMILES string of the molecule is Cc1ccc(-c2ccc3oc4cccc(-c5cccc(-c6nc(-c7ccccc7)nc(-c7ccc8oc9ccccc9c8c7)n6)c5)c4c3c2)cc1. The van der Waals surface area contributed by atoms with E-state index in [0.717, 1.165) is 77.3 Å². The third-order valence-electron chi connectivity index (χ3n) is 9.61. The molecule has 0 fully saturated rings. The average molecular weight is 656 g/mol. The van der Waals surface area contributed by atoms with Gasteiger partial charge in [0.15, 0.2) is 17.5 Å². The monoisotopic (exact) mass is 655 g/mol. The number of para-hydroxylation sites is 1. The van der Waals surface area contributed by atoms with Crippen LogP contribution in [0.3, 0.4) is 0 Å².